The third-order valence-corrected chi connectivity index (χ3v) is 3.64. The van der Waals surface area contributed by atoms with Crippen LogP contribution in [0.3, 0.4) is 0 Å². The molecule has 0 aliphatic rings. The van der Waals surface area contributed by atoms with Crippen LogP contribution in [0, 0.1) is 0 Å². The van der Waals surface area contributed by atoms with E-state index in [4.69, 9.17) is 11.6 Å². The number of benzene rings is 2. The zero-order valence-corrected chi connectivity index (χ0v) is 13.1. The zero-order chi connectivity index (χ0) is 15.9. The van der Waals surface area contributed by atoms with Gasteiger partial charge in [-0.3, -0.25) is 9.59 Å². The number of ketones is 1. The molecule has 2 aromatic carbocycles. The highest BCUT2D eigenvalue weighted by Gasteiger charge is 2.17. The lowest BCUT2D eigenvalue weighted by Crippen LogP contribution is -2.42. The minimum absolute atomic E-state index is 0.0479. The Bertz CT molecular complexity index is 638. The molecule has 0 heterocycles. The van der Waals surface area contributed by atoms with E-state index in [2.05, 4.69) is 5.32 Å². The number of hydrogen-bond acceptors (Lipinski definition) is 2. The van der Waals surface area contributed by atoms with Gasteiger partial charge in [0, 0.05) is 5.02 Å². The first kappa shape index (κ1) is 16.2. The number of halogens is 1. The van der Waals surface area contributed by atoms with E-state index in [9.17, 15) is 9.59 Å². The van der Waals surface area contributed by atoms with Crippen LogP contribution in [0.2, 0.25) is 5.02 Å². The molecule has 0 radical (unpaired) electrons. The van der Waals surface area contributed by atoms with Crippen LogP contribution in [-0.2, 0) is 22.4 Å². The van der Waals surface area contributed by atoms with Crippen molar-refractivity contribution in [1.82, 2.24) is 5.32 Å². The largest absolute Gasteiger partial charge is 0.346 e. The summed E-state index contributed by atoms with van der Waals surface area (Å²) in [6, 6.07) is 16.3. The van der Waals surface area contributed by atoms with Gasteiger partial charge in [-0.2, -0.15) is 0 Å². The second-order valence-electron chi connectivity index (χ2n) is 5.22. The molecule has 1 N–H and O–H groups in total. The summed E-state index contributed by atoms with van der Waals surface area (Å²) in [6.45, 7) is 1.50. The van der Waals surface area contributed by atoms with Crippen molar-refractivity contribution in [2.45, 2.75) is 25.8 Å². The average Bonchev–Trinajstić information content (AvgIpc) is 2.50. The summed E-state index contributed by atoms with van der Waals surface area (Å²) in [7, 11) is 0. The van der Waals surface area contributed by atoms with Gasteiger partial charge in [-0.1, -0.05) is 54.1 Å². The van der Waals surface area contributed by atoms with Crippen molar-refractivity contribution in [3.05, 3.63) is 70.7 Å². The Hall–Kier alpha value is -2.13. The highest BCUT2D eigenvalue weighted by Crippen LogP contribution is 2.10. The Morgan fingerprint density at radius 3 is 2.23 bits per heavy atom. The molecule has 0 spiro atoms. The molecule has 2 aromatic rings. The standard InChI is InChI=1S/C18H18ClNO2/c1-13(21)17(11-14-5-3-2-4-6-14)20-18(22)12-15-7-9-16(19)10-8-15/h2-10,17H,11-12H2,1H3,(H,20,22). The average molecular weight is 316 g/mol. The van der Waals surface area contributed by atoms with Crippen LogP contribution >= 0.6 is 11.6 Å². The summed E-state index contributed by atoms with van der Waals surface area (Å²) < 4.78 is 0. The molecular weight excluding hydrogens is 298 g/mol. The highest BCUT2D eigenvalue weighted by atomic mass is 35.5. The Labute approximate surface area is 135 Å². The monoisotopic (exact) mass is 315 g/mol. The number of Topliss-reactive ketones (excluding diaryl/α,β-unsaturated/α-hetero) is 1. The fraction of sp³-hybridized carbons (Fsp3) is 0.222. The van der Waals surface area contributed by atoms with Crippen LogP contribution in [-0.4, -0.2) is 17.7 Å². The van der Waals surface area contributed by atoms with Crippen molar-refractivity contribution in [2.75, 3.05) is 0 Å². The third kappa shape index (κ3) is 5.01. The van der Waals surface area contributed by atoms with E-state index < -0.39 is 6.04 Å². The maximum atomic E-state index is 12.1. The molecule has 0 aliphatic heterocycles. The van der Waals surface area contributed by atoms with E-state index in [-0.39, 0.29) is 18.1 Å². The van der Waals surface area contributed by atoms with Gasteiger partial charge >= 0.3 is 0 Å². The Morgan fingerprint density at radius 2 is 1.64 bits per heavy atom. The number of rotatable bonds is 6. The van der Waals surface area contributed by atoms with E-state index in [0.717, 1.165) is 11.1 Å². The van der Waals surface area contributed by atoms with Crippen LogP contribution in [0.25, 0.3) is 0 Å². The van der Waals surface area contributed by atoms with Crippen LogP contribution in [0.5, 0.6) is 0 Å². The van der Waals surface area contributed by atoms with Crippen molar-refractivity contribution in [2.24, 2.45) is 0 Å². The van der Waals surface area contributed by atoms with Crippen LogP contribution in [0.1, 0.15) is 18.1 Å². The van der Waals surface area contributed by atoms with Gasteiger partial charge in [0.2, 0.25) is 5.91 Å². The molecule has 0 fully saturated rings. The first-order valence-corrected chi connectivity index (χ1v) is 7.50. The van der Waals surface area contributed by atoms with Crippen molar-refractivity contribution >= 4 is 23.3 Å². The minimum atomic E-state index is -0.498. The molecule has 0 bridgehead atoms. The number of hydrogen-bond donors (Lipinski definition) is 1. The third-order valence-electron chi connectivity index (χ3n) is 3.39. The lowest BCUT2D eigenvalue weighted by molar-refractivity contribution is -0.126. The zero-order valence-electron chi connectivity index (χ0n) is 12.4. The summed E-state index contributed by atoms with van der Waals surface area (Å²) in [4.78, 5) is 23.9. The Kier molecular flexibility index (Phi) is 5.73. The molecule has 0 aliphatic carbocycles. The fourth-order valence-corrected chi connectivity index (χ4v) is 2.31. The second kappa shape index (κ2) is 7.76. The van der Waals surface area contributed by atoms with Gasteiger partial charge in [-0.15, -0.1) is 0 Å². The van der Waals surface area contributed by atoms with Gasteiger partial charge < -0.3 is 5.32 Å². The summed E-state index contributed by atoms with van der Waals surface area (Å²) in [6.07, 6.45) is 0.734. The lowest BCUT2D eigenvalue weighted by Gasteiger charge is -2.16. The molecule has 1 atom stereocenters. The van der Waals surface area contributed by atoms with E-state index in [1.165, 1.54) is 6.92 Å². The van der Waals surface area contributed by atoms with Gasteiger partial charge in [0.25, 0.3) is 0 Å². The smallest absolute Gasteiger partial charge is 0.225 e. The Morgan fingerprint density at radius 1 is 1.00 bits per heavy atom. The molecule has 0 aromatic heterocycles. The van der Waals surface area contributed by atoms with Crippen LogP contribution in [0.15, 0.2) is 54.6 Å². The SMILES string of the molecule is CC(=O)C(Cc1ccccc1)NC(=O)Cc1ccc(Cl)cc1. The van der Waals surface area contributed by atoms with E-state index in [1.54, 1.807) is 12.1 Å². The first-order chi connectivity index (χ1) is 10.5. The second-order valence-corrected chi connectivity index (χ2v) is 5.66. The highest BCUT2D eigenvalue weighted by molar-refractivity contribution is 6.30. The number of amides is 1. The maximum Gasteiger partial charge on any atom is 0.225 e. The van der Waals surface area contributed by atoms with Crippen molar-refractivity contribution in [1.29, 1.82) is 0 Å². The normalized spacial score (nSPS) is 11.7. The lowest BCUT2D eigenvalue weighted by atomic mass is 10.0. The molecule has 22 heavy (non-hydrogen) atoms. The van der Waals surface area contributed by atoms with Crippen molar-refractivity contribution < 1.29 is 9.59 Å². The van der Waals surface area contributed by atoms with E-state index in [1.807, 2.05) is 42.5 Å². The van der Waals surface area contributed by atoms with Crippen molar-refractivity contribution in [3.63, 3.8) is 0 Å². The molecule has 3 nitrogen and oxygen atoms in total. The topological polar surface area (TPSA) is 46.2 Å². The molecule has 1 unspecified atom stereocenters. The molecule has 1 amide bonds. The summed E-state index contributed by atoms with van der Waals surface area (Å²) in [5.74, 6) is -0.216. The van der Waals surface area contributed by atoms with E-state index >= 15 is 0 Å². The van der Waals surface area contributed by atoms with Crippen LogP contribution in [0.4, 0.5) is 0 Å². The summed E-state index contributed by atoms with van der Waals surface area (Å²) in [5.41, 5.74) is 1.89. The first-order valence-electron chi connectivity index (χ1n) is 7.13. The fourth-order valence-electron chi connectivity index (χ4n) is 2.18. The van der Waals surface area contributed by atoms with Gasteiger partial charge in [0.15, 0.2) is 5.78 Å². The number of carbonyl (C=O) groups is 2. The molecule has 0 saturated heterocycles. The molecule has 0 saturated carbocycles. The quantitative estimate of drug-likeness (QED) is 0.889. The summed E-state index contributed by atoms with van der Waals surface area (Å²) in [5, 5.41) is 3.44. The van der Waals surface area contributed by atoms with E-state index in [0.29, 0.717) is 11.4 Å². The van der Waals surface area contributed by atoms with Crippen molar-refractivity contribution in [3.8, 4) is 0 Å². The number of carbonyl (C=O) groups excluding carboxylic acids is 2. The van der Waals surface area contributed by atoms with Gasteiger partial charge in [0.05, 0.1) is 12.5 Å². The van der Waals surface area contributed by atoms with Gasteiger partial charge in [-0.05, 0) is 36.6 Å². The number of nitrogens with one attached hydrogen (secondary N) is 1. The predicted octanol–water partition coefficient (Wildman–Crippen LogP) is 3.20. The molecular formula is C18H18ClNO2. The molecule has 2 rings (SSSR count). The molecule has 114 valence electrons. The summed E-state index contributed by atoms with van der Waals surface area (Å²) >= 11 is 5.82. The van der Waals surface area contributed by atoms with Crippen LogP contribution < -0.4 is 5.32 Å². The van der Waals surface area contributed by atoms with Gasteiger partial charge in [0.1, 0.15) is 0 Å². The Balaban J connectivity index is 1.97. The minimum Gasteiger partial charge on any atom is -0.346 e. The molecule has 4 heteroatoms. The van der Waals surface area contributed by atoms with Gasteiger partial charge in [-0.25, -0.2) is 0 Å². The predicted molar refractivity (Wildman–Crippen MR) is 87.9 cm³/mol. The maximum absolute atomic E-state index is 12.1.